The summed E-state index contributed by atoms with van der Waals surface area (Å²) >= 11 is 2.72. The first-order chi connectivity index (χ1) is 17.6. The minimum Gasteiger partial charge on any atom is -0.345 e. The zero-order valence-electron chi connectivity index (χ0n) is 21.2. The van der Waals surface area contributed by atoms with Gasteiger partial charge in [-0.05, 0) is 48.3 Å². The van der Waals surface area contributed by atoms with E-state index in [1.807, 2.05) is 0 Å². The van der Waals surface area contributed by atoms with Gasteiger partial charge in [-0.3, -0.25) is 9.59 Å². The van der Waals surface area contributed by atoms with Crippen LogP contribution in [-0.4, -0.2) is 32.3 Å². The second-order valence-electron chi connectivity index (χ2n) is 10.1. The molecule has 37 heavy (non-hydrogen) atoms. The highest BCUT2D eigenvalue weighted by Gasteiger charge is 2.32. The average molecular weight is 541 g/mol. The van der Waals surface area contributed by atoms with Crippen LogP contribution in [0.3, 0.4) is 0 Å². The van der Waals surface area contributed by atoms with Gasteiger partial charge in [0.1, 0.15) is 16.9 Å². The van der Waals surface area contributed by atoms with Crippen LogP contribution < -0.4 is 10.6 Å². The fraction of sp³-hybridized carbons (Fsp3) is 0.423. The molecule has 2 amide bonds. The zero-order chi connectivity index (χ0) is 26.7. The molecule has 0 saturated heterocycles. The van der Waals surface area contributed by atoms with Gasteiger partial charge in [-0.25, -0.2) is 4.39 Å². The molecule has 0 spiro atoms. The number of aromatic nitrogens is 3. The third-order valence-electron chi connectivity index (χ3n) is 6.64. The molecule has 1 aliphatic carbocycles. The van der Waals surface area contributed by atoms with Crippen molar-refractivity contribution in [2.75, 3.05) is 11.1 Å². The second kappa shape index (κ2) is 11.0. The molecule has 2 heterocycles. The Labute approximate surface area is 223 Å². The average Bonchev–Trinajstić information content (AvgIpc) is 3.39. The second-order valence-corrected chi connectivity index (χ2v) is 12.1. The molecule has 0 fully saturated rings. The third-order valence-corrected chi connectivity index (χ3v) is 8.83. The summed E-state index contributed by atoms with van der Waals surface area (Å²) in [6.07, 6.45) is 2.83. The molecule has 0 aliphatic heterocycles. The first-order valence-corrected chi connectivity index (χ1v) is 13.8. The number of thioether (sulfide) groups is 1. The van der Waals surface area contributed by atoms with Crippen LogP contribution in [0.5, 0.6) is 0 Å². The Balaban J connectivity index is 1.34. The van der Waals surface area contributed by atoms with E-state index in [1.165, 1.54) is 46.2 Å². The minimum atomic E-state index is -0.597. The normalized spacial score (nSPS) is 15.1. The molecule has 194 valence electrons. The van der Waals surface area contributed by atoms with Gasteiger partial charge in [-0.1, -0.05) is 44.7 Å². The van der Waals surface area contributed by atoms with E-state index in [0.717, 1.165) is 24.8 Å². The van der Waals surface area contributed by atoms with Crippen LogP contribution in [0.2, 0.25) is 0 Å². The van der Waals surface area contributed by atoms with Crippen molar-refractivity contribution in [3.8, 4) is 6.07 Å². The molecule has 1 aliphatic rings. The zero-order valence-corrected chi connectivity index (χ0v) is 22.9. The lowest BCUT2D eigenvalue weighted by Gasteiger charge is -2.33. The lowest BCUT2D eigenvalue weighted by molar-refractivity contribution is -0.113. The summed E-state index contributed by atoms with van der Waals surface area (Å²) in [7, 11) is 1.73. The number of amides is 2. The van der Waals surface area contributed by atoms with E-state index in [1.54, 1.807) is 17.7 Å². The summed E-state index contributed by atoms with van der Waals surface area (Å²) in [6.45, 7) is 6.80. The molecule has 0 unspecified atom stereocenters. The van der Waals surface area contributed by atoms with Gasteiger partial charge in [0.2, 0.25) is 5.91 Å². The smallest absolute Gasteiger partial charge is 0.254 e. The number of thiophene rings is 1. The van der Waals surface area contributed by atoms with Gasteiger partial charge in [0, 0.05) is 11.9 Å². The number of hydrogen-bond donors (Lipinski definition) is 2. The van der Waals surface area contributed by atoms with E-state index in [2.05, 4.69) is 47.7 Å². The Morgan fingerprint density at radius 2 is 2.05 bits per heavy atom. The monoisotopic (exact) mass is 540 g/mol. The Morgan fingerprint density at radius 1 is 1.30 bits per heavy atom. The van der Waals surface area contributed by atoms with E-state index in [4.69, 9.17) is 0 Å². The van der Waals surface area contributed by atoms with Gasteiger partial charge in [-0.2, -0.15) is 5.26 Å². The minimum absolute atomic E-state index is 0.0446. The summed E-state index contributed by atoms with van der Waals surface area (Å²) < 4.78 is 15.5. The van der Waals surface area contributed by atoms with E-state index in [9.17, 15) is 19.2 Å². The number of hydrogen-bond acceptors (Lipinski definition) is 7. The number of carbonyl (C=O) groups is 2. The SMILES string of the molecule is Cn1c(CNC(=O)c2ccccc2F)nnc1SCC(=O)Nc1sc2c(c1C#N)CC[C@@H](C(C)(C)C)C2. The lowest BCUT2D eigenvalue weighted by atomic mass is 9.72. The predicted octanol–water partition coefficient (Wildman–Crippen LogP) is 4.70. The van der Waals surface area contributed by atoms with Crippen molar-refractivity contribution >= 4 is 39.9 Å². The predicted molar refractivity (Wildman–Crippen MR) is 142 cm³/mol. The van der Waals surface area contributed by atoms with Crippen molar-refractivity contribution in [3.63, 3.8) is 0 Å². The molecule has 1 aromatic carbocycles. The highest BCUT2D eigenvalue weighted by Crippen LogP contribution is 2.44. The number of rotatable bonds is 7. The summed E-state index contributed by atoms with van der Waals surface area (Å²) in [5.74, 6) is -0.267. The quantitative estimate of drug-likeness (QED) is 0.420. The molecule has 1 atom stereocenters. The molecule has 0 bridgehead atoms. The van der Waals surface area contributed by atoms with Crippen LogP contribution in [-0.2, 0) is 31.2 Å². The van der Waals surface area contributed by atoms with Crippen LogP contribution >= 0.6 is 23.1 Å². The van der Waals surface area contributed by atoms with Crippen molar-refractivity contribution in [2.45, 2.75) is 51.7 Å². The molecule has 0 saturated carbocycles. The van der Waals surface area contributed by atoms with Gasteiger partial charge < -0.3 is 15.2 Å². The molecule has 11 heteroatoms. The van der Waals surface area contributed by atoms with E-state index >= 15 is 0 Å². The van der Waals surface area contributed by atoms with Crippen LogP contribution in [0.4, 0.5) is 9.39 Å². The topological polar surface area (TPSA) is 113 Å². The van der Waals surface area contributed by atoms with E-state index < -0.39 is 11.7 Å². The molecular weight excluding hydrogens is 511 g/mol. The van der Waals surface area contributed by atoms with Crippen molar-refractivity contribution in [1.29, 1.82) is 5.26 Å². The summed E-state index contributed by atoms with van der Waals surface area (Å²) in [5, 5.41) is 24.6. The first kappa shape index (κ1) is 26.8. The van der Waals surface area contributed by atoms with Crippen LogP contribution in [0.15, 0.2) is 29.4 Å². The van der Waals surface area contributed by atoms with E-state index in [-0.39, 0.29) is 29.2 Å². The molecule has 2 N–H and O–H groups in total. The van der Waals surface area contributed by atoms with Crippen molar-refractivity contribution in [2.24, 2.45) is 18.4 Å². The fourth-order valence-electron chi connectivity index (χ4n) is 4.35. The maximum atomic E-state index is 13.8. The van der Waals surface area contributed by atoms with Crippen LogP contribution in [0, 0.1) is 28.5 Å². The molecule has 2 aromatic heterocycles. The Kier molecular flexibility index (Phi) is 7.99. The number of fused-ring (bicyclic) bond motifs is 1. The largest absolute Gasteiger partial charge is 0.345 e. The maximum Gasteiger partial charge on any atom is 0.254 e. The van der Waals surface area contributed by atoms with Gasteiger partial charge in [0.15, 0.2) is 11.0 Å². The maximum absolute atomic E-state index is 13.8. The third kappa shape index (κ3) is 6.02. The Hall–Kier alpha value is -3.23. The number of nitriles is 1. The van der Waals surface area contributed by atoms with Gasteiger partial charge in [0.25, 0.3) is 5.91 Å². The number of anilines is 1. The molecular formula is C26H29FN6O2S2. The highest BCUT2D eigenvalue weighted by molar-refractivity contribution is 7.99. The highest BCUT2D eigenvalue weighted by atomic mass is 32.2. The number of nitrogens with one attached hydrogen (secondary N) is 2. The molecule has 8 nitrogen and oxygen atoms in total. The van der Waals surface area contributed by atoms with Gasteiger partial charge in [0.05, 0.1) is 23.4 Å². The van der Waals surface area contributed by atoms with Crippen molar-refractivity contribution < 1.29 is 14.0 Å². The molecule has 3 aromatic rings. The van der Waals surface area contributed by atoms with E-state index in [0.29, 0.717) is 27.5 Å². The molecule has 0 radical (unpaired) electrons. The number of benzene rings is 1. The van der Waals surface area contributed by atoms with Gasteiger partial charge in [-0.15, -0.1) is 21.5 Å². The Bertz CT molecular complexity index is 1370. The summed E-state index contributed by atoms with van der Waals surface area (Å²) in [5.41, 5.74) is 1.81. The lowest BCUT2D eigenvalue weighted by Crippen LogP contribution is -2.26. The standard InChI is InChI=1S/C26H29FN6O2S2/c1-26(2,3)15-9-10-16-18(12-28)24(37-20(16)11-15)30-22(34)14-36-25-32-31-21(33(25)4)13-29-23(35)17-7-5-6-8-19(17)27/h5-8,15H,9-11,13-14H2,1-4H3,(H,29,35)(H,30,34)/t15-/m1/s1. The first-order valence-electron chi connectivity index (χ1n) is 12.0. The van der Waals surface area contributed by atoms with Crippen molar-refractivity contribution in [1.82, 2.24) is 20.1 Å². The number of nitrogens with zero attached hydrogens (tertiary/aromatic N) is 4. The van der Waals surface area contributed by atoms with Crippen LogP contribution in [0.1, 0.15) is 59.4 Å². The summed E-state index contributed by atoms with van der Waals surface area (Å²) in [6, 6.07) is 8.04. The summed E-state index contributed by atoms with van der Waals surface area (Å²) in [4.78, 5) is 26.2. The fourth-order valence-corrected chi connectivity index (χ4v) is 6.37. The Morgan fingerprint density at radius 3 is 2.76 bits per heavy atom. The van der Waals surface area contributed by atoms with Crippen LogP contribution in [0.25, 0.3) is 0 Å². The molecule has 4 rings (SSSR count). The number of carbonyl (C=O) groups excluding carboxylic acids is 2. The van der Waals surface area contributed by atoms with Crippen molar-refractivity contribution in [3.05, 3.63) is 57.5 Å². The number of halogens is 1. The van der Waals surface area contributed by atoms with Gasteiger partial charge >= 0.3 is 0 Å².